The van der Waals surface area contributed by atoms with Crippen LogP contribution < -0.4 is 10.7 Å². The van der Waals surface area contributed by atoms with Crippen molar-refractivity contribution in [1.29, 1.82) is 0 Å². The smallest absolute Gasteiger partial charge is 0.272 e. The fraction of sp³-hybridized carbons (Fsp3) is 0.571. The van der Waals surface area contributed by atoms with Crippen molar-refractivity contribution in [3.63, 3.8) is 0 Å². The zero-order valence-corrected chi connectivity index (χ0v) is 17.2. The van der Waals surface area contributed by atoms with Crippen LogP contribution in [0.1, 0.15) is 55.8 Å². The van der Waals surface area contributed by atoms with E-state index >= 15 is 0 Å². The van der Waals surface area contributed by atoms with Crippen LogP contribution in [-0.2, 0) is 4.79 Å². The van der Waals surface area contributed by atoms with Crippen LogP contribution in [0.2, 0.25) is 0 Å². The number of hydrogen-bond donors (Lipinski definition) is 2. The molecule has 0 atom stereocenters. The fourth-order valence-corrected chi connectivity index (χ4v) is 5.99. The number of benzene rings is 1. The molecular formula is C21H26BrN3O2. The molecule has 2 amide bonds. The minimum atomic E-state index is -0.289. The molecule has 1 aromatic carbocycles. The Bertz CT molecular complexity index is 748. The number of carbonyl (C=O) groups excluding carboxylic acids is 2. The second kappa shape index (κ2) is 7.74. The molecule has 4 aliphatic carbocycles. The van der Waals surface area contributed by atoms with Crippen LogP contribution in [0.25, 0.3) is 0 Å². The summed E-state index contributed by atoms with van der Waals surface area (Å²) in [6, 6.07) is 7.53. The lowest BCUT2D eigenvalue weighted by Gasteiger charge is -2.54. The van der Waals surface area contributed by atoms with Crippen molar-refractivity contribution in [3.8, 4) is 0 Å². The Labute approximate surface area is 168 Å². The third-order valence-electron chi connectivity index (χ3n) is 6.44. The normalized spacial score (nSPS) is 31.6. The van der Waals surface area contributed by atoms with Crippen molar-refractivity contribution < 1.29 is 9.59 Å². The molecule has 0 spiro atoms. The summed E-state index contributed by atoms with van der Waals surface area (Å²) in [5.41, 5.74) is 3.67. The van der Waals surface area contributed by atoms with Gasteiger partial charge in [0, 0.05) is 16.2 Å². The van der Waals surface area contributed by atoms with Crippen molar-refractivity contribution in [2.45, 2.75) is 51.5 Å². The molecule has 4 aliphatic rings. The van der Waals surface area contributed by atoms with Crippen LogP contribution in [-0.4, -0.2) is 23.6 Å². The van der Waals surface area contributed by atoms with Crippen molar-refractivity contribution in [1.82, 2.24) is 10.7 Å². The zero-order valence-electron chi connectivity index (χ0n) is 15.6. The fourth-order valence-electron chi connectivity index (χ4n) is 5.52. The first-order chi connectivity index (χ1) is 13.0. The van der Waals surface area contributed by atoms with Crippen LogP contribution in [0.4, 0.5) is 0 Å². The Kier molecular flexibility index (Phi) is 5.35. The first-order valence-electron chi connectivity index (χ1n) is 9.87. The lowest BCUT2D eigenvalue weighted by Crippen LogP contribution is -2.56. The summed E-state index contributed by atoms with van der Waals surface area (Å²) in [5.74, 6) is 2.86. The molecule has 0 unspecified atom stereocenters. The second-order valence-electron chi connectivity index (χ2n) is 8.47. The number of halogens is 1. The van der Waals surface area contributed by atoms with Crippen LogP contribution in [0, 0.1) is 23.7 Å². The third kappa shape index (κ3) is 4.10. The summed E-state index contributed by atoms with van der Waals surface area (Å²) < 4.78 is 0.718. The van der Waals surface area contributed by atoms with E-state index in [2.05, 4.69) is 31.8 Å². The van der Waals surface area contributed by atoms with Crippen LogP contribution >= 0.6 is 15.9 Å². The molecule has 0 aromatic heterocycles. The van der Waals surface area contributed by atoms with E-state index in [4.69, 9.17) is 0 Å². The Morgan fingerprint density at radius 2 is 1.70 bits per heavy atom. The molecule has 5 nitrogen and oxygen atoms in total. The van der Waals surface area contributed by atoms with E-state index in [1.165, 1.54) is 32.1 Å². The molecule has 0 aliphatic heterocycles. The summed E-state index contributed by atoms with van der Waals surface area (Å²) >= 11 is 3.36. The van der Waals surface area contributed by atoms with E-state index in [0.29, 0.717) is 29.2 Å². The zero-order chi connectivity index (χ0) is 19.0. The van der Waals surface area contributed by atoms with Crippen molar-refractivity contribution in [2.75, 3.05) is 0 Å². The van der Waals surface area contributed by atoms with Gasteiger partial charge in [-0.3, -0.25) is 9.59 Å². The van der Waals surface area contributed by atoms with Gasteiger partial charge < -0.3 is 5.32 Å². The van der Waals surface area contributed by atoms with Gasteiger partial charge >= 0.3 is 0 Å². The largest absolute Gasteiger partial charge is 0.352 e. The minimum Gasteiger partial charge on any atom is -0.352 e. The predicted molar refractivity (Wildman–Crippen MR) is 108 cm³/mol. The molecule has 5 rings (SSSR count). The van der Waals surface area contributed by atoms with E-state index in [9.17, 15) is 9.59 Å². The molecule has 2 N–H and O–H groups in total. The number of nitrogens with one attached hydrogen (secondary N) is 2. The summed E-state index contributed by atoms with van der Waals surface area (Å²) in [7, 11) is 0. The lowest BCUT2D eigenvalue weighted by molar-refractivity contribution is -0.123. The van der Waals surface area contributed by atoms with Crippen LogP contribution in [0.15, 0.2) is 33.8 Å². The summed E-state index contributed by atoms with van der Waals surface area (Å²) in [6.07, 6.45) is 6.77. The van der Waals surface area contributed by atoms with E-state index in [-0.39, 0.29) is 18.2 Å². The Morgan fingerprint density at radius 1 is 1.07 bits per heavy atom. The minimum absolute atomic E-state index is 0.0175. The maximum atomic E-state index is 12.5. The summed E-state index contributed by atoms with van der Waals surface area (Å²) in [6.45, 7) is 1.77. The standard InChI is InChI=1S/C21H26BrN3O2/c1-12(24-25-21(27)17-4-2-3-5-18(17)22)6-19(26)23-20-15-8-13-7-14(10-15)11-16(20)9-13/h2-5,13-16,20H,6-11H2,1H3,(H,23,26)(H,25,27). The maximum Gasteiger partial charge on any atom is 0.272 e. The van der Waals surface area contributed by atoms with Gasteiger partial charge in [0.15, 0.2) is 0 Å². The Balaban J connectivity index is 1.30. The van der Waals surface area contributed by atoms with Gasteiger partial charge in [-0.15, -0.1) is 0 Å². The number of hydrazone groups is 1. The van der Waals surface area contributed by atoms with E-state index < -0.39 is 0 Å². The number of nitrogens with zero attached hydrogens (tertiary/aromatic N) is 1. The first-order valence-corrected chi connectivity index (χ1v) is 10.7. The van der Waals surface area contributed by atoms with Crippen LogP contribution in [0.5, 0.6) is 0 Å². The summed E-state index contributed by atoms with van der Waals surface area (Å²) in [4.78, 5) is 24.7. The van der Waals surface area contributed by atoms with Crippen molar-refractivity contribution in [2.24, 2.45) is 28.8 Å². The number of rotatable bonds is 5. The van der Waals surface area contributed by atoms with Gasteiger partial charge in [-0.25, -0.2) is 5.43 Å². The second-order valence-corrected chi connectivity index (χ2v) is 9.32. The number of hydrogen-bond acceptors (Lipinski definition) is 3. The Morgan fingerprint density at radius 3 is 2.33 bits per heavy atom. The molecule has 0 radical (unpaired) electrons. The molecule has 4 fully saturated rings. The highest BCUT2D eigenvalue weighted by Gasteiger charge is 2.48. The topological polar surface area (TPSA) is 70.6 Å². The van der Waals surface area contributed by atoms with Gasteiger partial charge in [-0.1, -0.05) is 12.1 Å². The van der Waals surface area contributed by atoms with Crippen molar-refractivity contribution in [3.05, 3.63) is 34.3 Å². The molecule has 6 heteroatoms. The van der Waals surface area contributed by atoms with E-state index in [1.54, 1.807) is 19.1 Å². The SMILES string of the molecule is CC(CC(=O)NC1C2CC3CC(C2)CC1C3)=NNC(=O)c1ccccc1Br. The molecule has 1 aromatic rings. The quantitative estimate of drug-likeness (QED) is 0.548. The van der Waals surface area contributed by atoms with Gasteiger partial charge in [-0.2, -0.15) is 5.10 Å². The van der Waals surface area contributed by atoms with Gasteiger partial charge in [0.05, 0.1) is 12.0 Å². The molecular weight excluding hydrogens is 406 g/mol. The van der Waals surface area contributed by atoms with Gasteiger partial charge in [0.2, 0.25) is 5.91 Å². The van der Waals surface area contributed by atoms with Gasteiger partial charge in [-0.05, 0) is 90.8 Å². The highest BCUT2D eigenvalue weighted by atomic mass is 79.9. The highest BCUT2D eigenvalue weighted by molar-refractivity contribution is 9.10. The lowest BCUT2D eigenvalue weighted by atomic mass is 9.54. The maximum absolute atomic E-state index is 12.5. The first kappa shape index (κ1) is 18.7. The Hall–Kier alpha value is -1.69. The van der Waals surface area contributed by atoms with Crippen molar-refractivity contribution >= 4 is 33.5 Å². The molecule has 4 bridgehead atoms. The molecule has 4 saturated carbocycles. The molecule has 0 saturated heterocycles. The average molecular weight is 432 g/mol. The average Bonchev–Trinajstić information content (AvgIpc) is 2.62. The summed E-state index contributed by atoms with van der Waals surface area (Å²) in [5, 5.41) is 7.38. The predicted octanol–water partition coefficient (Wildman–Crippen LogP) is 3.89. The van der Waals surface area contributed by atoms with Crippen LogP contribution in [0.3, 0.4) is 0 Å². The van der Waals surface area contributed by atoms with E-state index in [0.717, 1.165) is 16.3 Å². The molecule has 0 heterocycles. The molecule has 27 heavy (non-hydrogen) atoms. The van der Waals surface area contributed by atoms with Gasteiger partial charge in [0.1, 0.15) is 0 Å². The highest BCUT2D eigenvalue weighted by Crippen LogP contribution is 2.53. The number of amides is 2. The van der Waals surface area contributed by atoms with Gasteiger partial charge in [0.25, 0.3) is 5.91 Å². The number of carbonyl (C=O) groups is 2. The molecule has 144 valence electrons. The third-order valence-corrected chi connectivity index (χ3v) is 7.13. The van der Waals surface area contributed by atoms with E-state index in [1.807, 2.05) is 12.1 Å². The monoisotopic (exact) mass is 431 g/mol.